The number of rotatable bonds is 7. The quantitative estimate of drug-likeness (QED) is 0.524. The van der Waals surface area contributed by atoms with E-state index in [1.54, 1.807) is 12.2 Å². The highest BCUT2D eigenvalue weighted by molar-refractivity contribution is 5.67. The molecule has 0 N–H and O–H groups in total. The van der Waals surface area contributed by atoms with Gasteiger partial charge >= 0.3 is 0 Å². The van der Waals surface area contributed by atoms with Crippen LogP contribution < -0.4 is 0 Å². The minimum Gasteiger partial charge on any atom is -0.0990 e. The van der Waals surface area contributed by atoms with Crippen molar-refractivity contribution in [1.82, 2.24) is 0 Å². The lowest BCUT2D eigenvalue weighted by Gasteiger charge is -2.11. The Morgan fingerprint density at radius 3 is 2.15 bits per heavy atom. The van der Waals surface area contributed by atoms with Gasteiger partial charge in [-0.25, -0.2) is 0 Å². The van der Waals surface area contributed by atoms with E-state index in [0.29, 0.717) is 5.92 Å². The van der Waals surface area contributed by atoms with Gasteiger partial charge in [0.15, 0.2) is 0 Å². The van der Waals surface area contributed by atoms with Crippen LogP contribution in [0.15, 0.2) is 80.0 Å². The van der Waals surface area contributed by atoms with E-state index in [2.05, 4.69) is 64.4 Å². The SMILES string of the molecule is C=C/C=C(\C=C)C(=C)CC(=C)c1ccc(C(C)C)cc1. The zero-order valence-electron chi connectivity index (χ0n) is 12.7. The lowest BCUT2D eigenvalue weighted by Crippen LogP contribution is -1.91. The fourth-order valence-electron chi connectivity index (χ4n) is 2.02. The van der Waals surface area contributed by atoms with Crippen molar-refractivity contribution >= 4 is 5.57 Å². The van der Waals surface area contributed by atoms with Crippen LogP contribution in [0.1, 0.15) is 37.3 Å². The van der Waals surface area contributed by atoms with Gasteiger partial charge < -0.3 is 0 Å². The largest absolute Gasteiger partial charge is 0.0990 e. The Bertz CT molecular complexity index is 536. The van der Waals surface area contributed by atoms with Crippen molar-refractivity contribution in [3.63, 3.8) is 0 Å². The summed E-state index contributed by atoms with van der Waals surface area (Å²) in [7, 11) is 0. The first-order valence-electron chi connectivity index (χ1n) is 6.91. The van der Waals surface area contributed by atoms with E-state index in [1.807, 2.05) is 6.08 Å². The molecule has 0 amide bonds. The monoisotopic (exact) mass is 264 g/mol. The molecular formula is C20H24. The molecule has 0 heteroatoms. The van der Waals surface area contributed by atoms with E-state index in [0.717, 1.165) is 28.7 Å². The van der Waals surface area contributed by atoms with Crippen LogP contribution in [-0.2, 0) is 0 Å². The van der Waals surface area contributed by atoms with E-state index in [4.69, 9.17) is 0 Å². The molecule has 20 heavy (non-hydrogen) atoms. The first kappa shape index (κ1) is 16.0. The number of benzene rings is 1. The third-order valence-electron chi connectivity index (χ3n) is 3.34. The van der Waals surface area contributed by atoms with Gasteiger partial charge in [-0.2, -0.15) is 0 Å². The normalized spacial score (nSPS) is 11.2. The molecule has 104 valence electrons. The van der Waals surface area contributed by atoms with Crippen LogP contribution >= 0.6 is 0 Å². The zero-order chi connectivity index (χ0) is 15.1. The molecule has 0 atom stereocenters. The zero-order valence-corrected chi connectivity index (χ0v) is 12.7. The summed E-state index contributed by atoms with van der Waals surface area (Å²) in [5, 5.41) is 0. The van der Waals surface area contributed by atoms with Gasteiger partial charge in [0.05, 0.1) is 0 Å². The Labute approximate surface area is 123 Å². The molecule has 0 saturated heterocycles. The number of allylic oxidation sites excluding steroid dienone is 6. The van der Waals surface area contributed by atoms with Gasteiger partial charge in [0, 0.05) is 0 Å². The fourth-order valence-corrected chi connectivity index (χ4v) is 2.02. The first-order valence-corrected chi connectivity index (χ1v) is 6.91. The average molecular weight is 264 g/mol. The molecular weight excluding hydrogens is 240 g/mol. The van der Waals surface area contributed by atoms with E-state index >= 15 is 0 Å². The summed E-state index contributed by atoms with van der Waals surface area (Å²) < 4.78 is 0. The second-order valence-corrected chi connectivity index (χ2v) is 5.22. The third kappa shape index (κ3) is 4.24. The highest BCUT2D eigenvalue weighted by Crippen LogP contribution is 2.25. The fraction of sp³-hybridized carbons (Fsp3) is 0.200. The Morgan fingerprint density at radius 1 is 1.10 bits per heavy atom. The van der Waals surface area contributed by atoms with E-state index in [1.165, 1.54) is 5.56 Å². The van der Waals surface area contributed by atoms with Crippen molar-refractivity contribution in [1.29, 1.82) is 0 Å². The second-order valence-electron chi connectivity index (χ2n) is 5.22. The van der Waals surface area contributed by atoms with Crippen LogP contribution in [0.4, 0.5) is 0 Å². The summed E-state index contributed by atoms with van der Waals surface area (Å²) in [6, 6.07) is 8.61. The Kier molecular flexibility index (Phi) is 5.99. The molecule has 0 saturated carbocycles. The van der Waals surface area contributed by atoms with E-state index in [-0.39, 0.29) is 0 Å². The molecule has 0 aliphatic heterocycles. The Hall–Kier alpha value is -2.08. The number of hydrogen-bond acceptors (Lipinski definition) is 0. The molecule has 0 bridgehead atoms. The molecule has 0 radical (unpaired) electrons. The summed E-state index contributed by atoms with van der Waals surface area (Å²) in [5.41, 5.74) is 5.61. The molecule has 0 heterocycles. The summed E-state index contributed by atoms with van der Waals surface area (Å²) in [6.07, 6.45) is 6.22. The van der Waals surface area contributed by atoms with Gasteiger partial charge in [-0.05, 0) is 40.2 Å². The van der Waals surface area contributed by atoms with Crippen molar-refractivity contribution in [2.75, 3.05) is 0 Å². The number of hydrogen-bond donors (Lipinski definition) is 0. The van der Waals surface area contributed by atoms with Crippen molar-refractivity contribution in [3.8, 4) is 0 Å². The Balaban J connectivity index is 2.81. The molecule has 0 aromatic heterocycles. The molecule has 0 aliphatic rings. The topological polar surface area (TPSA) is 0 Å². The molecule has 1 aromatic carbocycles. The predicted molar refractivity (Wildman–Crippen MR) is 91.8 cm³/mol. The second kappa shape index (κ2) is 7.49. The summed E-state index contributed by atoms with van der Waals surface area (Å²) in [6.45, 7) is 20.2. The van der Waals surface area contributed by atoms with Gasteiger partial charge in [-0.15, -0.1) is 0 Å². The third-order valence-corrected chi connectivity index (χ3v) is 3.34. The van der Waals surface area contributed by atoms with Gasteiger partial charge in [-0.3, -0.25) is 0 Å². The van der Waals surface area contributed by atoms with Gasteiger partial charge in [-0.1, -0.05) is 82.7 Å². The molecule has 0 aliphatic carbocycles. The predicted octanol–water partition coefficient (Wildman–Crippen LogP) is 6.07. The van der Waals surface area contributed by atoms with Gasteiger partial charge in [0.1, 0.15) is 0 Å². The maximum absolute atomic E-state index is 4.17. The summed E-state index contributed by atoms with van der Waals surface area (Å²) in [5.74, 6) is 0.551. The highest BCUT2D eigenvalue weighted by Gasteiger charge is 2.05. The lowest BCUT2D eigenvalue weighted by atomic mass is 9.94. The minimum absolute atomic E-state index is 0.551. The molecule has 0 fully saturated rings. The minimum atomic E-state index is 0.551. The molecule has 0 unspecified atom stereocenters. The highest BCUT2D eigenvalue weighted by atomic mass is 14.1. The van der Waals surface area contributed by atoms with Crippen molar-refractivity contribution in [3.05, 3.63) is 91.1 Å². The van der Waals surface area contributed by atoms with E-state index < -0.39 is 0 Å². The van der Waals surface area contributed by atoms with Crippen LogP contribution in [0, 0.1) is 0 Å². The van der Waals surface area contributed by atoms with Crippen molar-refractivity contribution in [2.24, 2.45) is 0 Å². The van der Waals surface area contributed by atoms with Crippen molar-refractivity contribution < 1.29 is 0 Å². The van der Waals surface area contributed by atoms with Crippen LogP contribution in [0.5, 0.6) is 0 Å². The summed E-state index contributed by atoms with van der Waals surface area (Å²) >= 11 is 0. The first-order chi connectivity index (χ1) is 9.49. The maximum atomic E-state index is 4.17. The summed E-state index contributed by atoms with van der Waals surface area (Å²) in [4.78, 5) is 0. The standard InChI is InChI=1S/C20H24/c1-7-9-18(8-2)16(5)14-17(6)20-12-10-19(11-13-20)15(3)4/h7-13,15H,1-2,5-6,14H2,3-4H3/b18-9+. The molecule has 1 aromatic rings. The molecule has 1 rings (SSSR count). The van der Waals surface area contributed by atoms with E-state index in [9.17, 15) is 0 Å². The van der Waals surface area contributed by atoms with Crippen LogP contribution in [0.2, 0.25) is 0 Å². The smallest absolute Gasteiger partial charge is 0.00257 e. The average Bonchev–Trinajstić information content (AvgIpc) is 2.44. The lowest BCUT2D eigenvalue weighted by molar-refractivity contribution is 0.866. The van der Waals surface area contributed by atoms with Crippen LogP contribution in [0.3, 0.4) is 0 Å². The van der Waals surface area contributed by atoms with Crippen LogP contribution in [0.25, 0.3) is 5.57 Å². The van der Waals surface area contributed by atoms with Gasteiger partial charge in [0.2, 0.25) is 0 Å². The Morgan fingerprint density at radius 2 is 1.70 bits per heavy atom. The van der Waals surface area contributed by atoms with Gasteiger partial charge in [0.25, 0.3) is 0 Å². The molecule has 0 spiro atoms. The van der Waals surface area contributed by atoms with Crippen LogP contribution in [-0.4, -0.2) is 0 Å². The maximum Gasteiger partial charge on any atom is -0.00257 e. The van der Waals surface area contributed by atoms with Crippen molar-refractivity contribution in [2.45, 2.75) is 26.2 Å². The molecule has 0 nitrogen and oxygen atoms in total.